The van der Waals surface area contributed by atoms with Crippen molar-refractivity contribution >= 4 is 28.4 Å². The Hall–Kier alpha value is -3.61. The predicted molar refractivity (Wildman–Crippen MR) is 103 cm³/mol. The smallest absolute Gasteiger partial charge is 0.253 e. The van der Waals surface area contributed by atoms with E-state index in [1.807, 2.05) is 19.1 Å². The number of aromatic nitrogens is 2. The van der Waals surface area contributed by atoms with Gasteiger partial charge in [0.2, 0.25) is 5.91 Å². The van der Waals surface area contributed by atoms with Crippen molar-refractivity contribution in [3.05, 3.63) is 77.4 Å². The summed E-state index contributed by atoms with van der Waals surface area (Å²) in [7, 11) is 0. The molecule has 140 valence electrons. The van der Waals surface area contributed by atoms with Crippen LogP contribution in [0.15, 0.2) is 60.3 Å². The molecular formula is C21H17FN4O2. The zero-order valence-electron chi connectivity index (χ0n) is 15.1. The topological polar surface area (TPSA) is 84.0 Å². The highest BCUT2D eigenvalue weighted by molar-refractivity contribution is 6.10. The molecule has 7 heteroatoms. The number of fused-ring (bicyclic) bond motifs is 1. The van der Waals surface area contributed by atoms with E-state index in [2.05, 4.69) is 20.8 Å². The molecule has 1 aromatic heterocycles. The predicted octanol–water partition coefficient (Wildman–Crippen LogP) is 3.20. The summed E-state index contributed by atoms with van der Waals surface area (Å²) < 4.78 is 13.3. The maximum absolute atomic E-state index is 13.3. The maximum atomic E-state index is 13.3. The van der Waals surface area contributed by atoms with Gasteiger partial charge in [-0.3, -0.25) is 9.59 Å². The van der Waals surface area contributed by atoms with Crippen LogP contribution in [0.3, 0.4) is 0 Å². The highest BCUT2D eigenvalue weighted by Crippen LogP contribution is 2.32. The molecule has 2 amide bonds. The van der Waals surface area contributed by atoms with Crippen molar-refractivity contribution in [2.45, 2.75) is 19.3 Å². The van der Waals surface area contributed by atoms with Crippen molar-refractivity contribution in [3.63, 3.8) is 0 Å². The summed E-state index contributed by atoms with van der Waals surface area (Å²) in [6, 6.07) is 13.1. The number of nitrogens with zero attached hydrogens (tertiary/aromatic N) is 2. The molecule has 4 rings (SSSR count). The lowest BCUT2D eigenvalue weighted by Gasteiger charge is -2.24. The first-order valence-corrected chi connectivity index (χ1v) is 8.80. The number of nitrogens with one attached hydrogen (secondary N) is 2. The van der Waals surface area contributed by atoms with Crippen molar-refractivity contribution in [2.24, 2.45) is 0 Å². The zero-order chi connectivity index (χ0) is 19.7. The highest BCUT2D eigenvalue weighted by Gasteiger charge is 2.29. The number of aryl methyl sites for hydroxylation is 1. The third-order valence-corrected chi connectivity index (χ3v) is 4.69. The number of halogens is 1. The second-order valence-electron chi connectivity index (χ2n) is 6.65. The number of hydrogen-bond donors (Lipinski definition) is 2. The van der Waals surface area contributed by atoms with Gasteiger partial charge in [0.25, 0.3) is 5.91 Å². The molecule has 2 heterocycles. The molecule has 1 unspecified atom stereocenters. The Morgan fingerprint density at radius 1 is 1.18 bits per heavy atom. The fourth-order valence-corrected chi connectivity index (χ4v) is 3.30. The van der Waals surface area contributed by atoms with Crippen molar-refractivity contribution in [1.82, 2.24) is 15.5 Å². The minimum Gasteiger partial charge on any atom is -0.332 e. The summed E-state index contributed by atoms with van der Waals surface area (Å²) >= 11 is 0. The average molecular weight is 376 g/mol. The van der Waals surface area contributed by atoms with Gasteiger partial charge in [-0.05, 0) is 42.8 Å². The second-order valence-corrected chi connectivity index (χ2v) is 6.65. The van der Waals surface area contributed by atoms with Gasteiger partial charge >= 0.3 is 0 Å². The third-order valence-electron chi connectivity index (χ3n) is 4.69. The number of hydrogen-bond acceptors (Lipinski definition) is 4. The fourth-order valence-electron chi connectivity index (χ4n) is 3.30. The Balaban J connectivity index is 1.67. The van der Waals surface area contributed by atoms with Crippen LogP contribution in [-0.4, -0.2) is 22.0 Å². The number of benzene rings is 2. The summed E-state index contributed by atoms with van der Waals surface area (Å²) in [6.45, 7) is 1.83. The van der Waals surface area contributed by atoms with Crippen LogP contribution in [-0.2, 0) is 9.59 Å². The molecule has 2 N–H and O–H groups in total. The monoisotopic (exact) mass is 376 g/mol. The standard InChI is InChI=1S/C21H17FN4O2/c1-12-9-16-18(3-2-4-19(16)26-25-12)24-21(28)17-11-23-20(27)10-15(17)13-5-7-14(22)8-6-13/h2-9,11,15H,10H2,1H3,(H,23,27)(H,24,28). The van der Waals surface area contributed by atoms with E-state index in [-0.39, 0.29) is 24.1 Å². The van der Waals surface area contributed by atoms with E-state index < -0.39 is 5.92 Å². The summed E-state index contributed by atoms with van der Waals surface area (Å²) in [5.74, 6) is -1.35. The largest absolute Gasteiger partial charge is 0.332 e. The van der Waals surface area contributed by atoms with Crippen LogP contribution in [0.4, 0.5) is 10.1 Å². The lowest BCUT2D eigenvalue weighted by molar-refractivity contribution is -0.121. The Morgan fingerprint density at radius 3 is 2.75 bits per heavy atom. The molecule has 0 aliphatic carbocycles. The minimum absolute atomic E-state index is 0.116. The van der Waals surface area contributed by atoms with Crippen molar-refractivity contribution in [2.75, 3.05) is 5.32 Å². The van der Waals surface area contributed by atoms with Gasteiger partial charge in [0.1, 0.15) is 5.82 Å². The van der Waals surface area contributed by atoms with Gasteiger partial charge in [-0.25, -0.2) is 4.39 Å². The first-order valence-electron chi connectivity index (χ1n) is 8.80. The SMILES string of the molecule is Cc1cc2c(NC(=O)C3=CNC(=O)CC3c3ccc(F)cc3)cccc2nn1. The van der Waals surface area contributed by atoms with Gasteiger partial charge in [0, 0.05) is 29.5 Å². The molecule has 28 heavy (non-hydrogen) atoms. The van der Waals surface area contributed by atoms with Crippen LogP contribution in [0.25, 0.3) is 10.9 Å². The van der Waals surface area contributed by atoms with Gasteiger partial charge in [0.15, 0.2) is 0 Å². The molecule has 3 aromatic rings. The first-order chi connectivity index (χ1) is 13.5. The van der Waals surface area contributed by atoms with Gasteiger partial charge in [0.05, 0.1) is 16.9 Å². The molecule has 0 fully saturated rings. The quantitative estimate of drug-likeness (QED) is 0.735. The number of carbonyl (C=O) groups is 2. The van der Waals surface area contributed by atoms with Crippen LogP contribution in [0.5, 0.6) is 0 Å². The van der Waals surface area contributed by atoms with E-state index in [4.69, 9.17) is 0 Å². The summed E-state index contributed by atoms with van der Waals surface area (Å²) in [6.07, 6.45) is 1.54. The molecule has 0 saturated carbocycles. The van der Waals surface area contributed by atoms with Crippen LogP contribution < -0.4 is 10.6 Å². The fraction of sp³-hybridized carbons (Fsp3) is 0.143. The Kier molecular flexibility index (Phi) is 4.57. The lowest BCUT2D eigenvalue weighted by Crippen LogP contribution is -2.32. The summed E-state index contributed by atoms with van der Waals surface area (Å²) in [5.41, 5.74) is 3.13. The highest BCUT2D eigenvalue weighted by atomic mass is 19.1. The first kappa shape index (κ1) is 17.8. The van der Waals surface area contributed by atoms with E-state index in [1.54, 1.807) is 24.3 Å². The molecule has 0 radical (unpaired) electrons. The zero-order valence-corrected chi connectivity index (χ0v) is 15.1. The van der Waals surface area contributed by atoms with Gasteiger partial charge in [-0.15, -0.1) is 0 Å². The van der Waals surface area contributed by atoms with Crippen molar-refractivity contribution in [3.8, 4) is 0 Å². The summed E-state index contributed by atoms with van der Waals surface area (Å²) in [5, 5.41) is 14.5. The van der Waals surface area contributed by atoms with E-state index >= 15 is 0 Å². The molecule has 0 spiro atoms. The van der Waals surface area contributed by atoms with Crippen molar-refractivity contribution < 1.29 is 14.0 Å². The number of anilines is 1. The molecule has 0 saturated heterocycles. The lowest BCUT2D eigenvalue weighted by atomic mass is 9.86. The Labute approximate surface area is 160 Å². The number of carbonyl (C=O) groups excluding carboxylic acids is 2. The Morgan fingerprint density at radius 2 is 1.96 bits per heavy atom. The van der Waals surface area contributed by atoms with Gasteiger partial charge in [-0.2, -0.15) is 10.2 Å². The molecule has 1 atom stereocenters. The van der Waals surface area contributed by atoms with Crippen LogP contribution >= 0.6 is 0 Å². The molecule has 0 bridgehead atoms. The van der Waals surface area contributed by atoms with E-state index in [0.717, 1.165) is 11.1 Å². The third kappa shape index (κ3) is 3.46. The normalized spacial score (nSPS) is 16.4. The Bertz CT molecular complexity index is 1110. The number of rotatable bonds is 3. The van der Waals surface area contributed by atoms with Crippen molar-refractivity contribution in [1.29, 1.82) is 0 Å². The van der Waals surface area contributed by atoms with E-state index in [1.165, 1.54) is 18.3 Å². The molecule has 2 aromatic carbocycles. The molecule has 1 aliphatic rings. The van der Waals surface area contributed by atoms with Gasteiger partial charge in [-0.1, -0.05) is 18.2 Å². The second kappa shape index (κ2) is 7.19. The minimum atomic E-state index is -0.453. The van der Waals surface area contributed by atoms with E-state index in [9.17, 15) is 14.0 Å². The number of amides is 2. The molecule has 6 nitrogen and oxygen atoms in total. The van der Waals surface area contributed by atoms with Crippen LogP contribution in [0.1, 0.15) is 23.6 Å². The molecular weight excluding hydrogens is 359 g/mol. The maximum Gasteiger partial charge on any atom is 0.253 e. The van der Waals surface area contributed by atoms with Gasteiger partial charge < -0.3 is 10.6 Å². The van der Waals surface area contributed by atoms with E-state index in [0.29, 0.717) is 22.3 Å². The molecule has 1 aliphatic heterocycles. The summed E-state index contributed by atoms with van der Waals surface area (Å²) in [4.78, 5) is 24.9. The van der Waals surface area contributed by atoms with Crippen LogP contribution in [0.2, 0.25) is 0 Å². The average Bonchev–Trinajstić information content (AvgIpc) is 2.69. The van der Waals surface area contributed by atoms with Crippen LogP contribution in [0, 0.1) is 12.7 Å².